The molecule has 0 aliphatic heterocycles. The van der Waals surface area contributed by atoms with Crippen LogP contribution in [0, 0.1) is 0 Å². The molecule has 1 N–H and O–H groups in total. The fourth-order valence-corrected chi connectivity index (χ4v) is 4.35. The minimum Gasteiger partial charge on any atom is -0.325 e. The number of nitrogens with zero attached hydrogens (tertiary/aromatic N) is 4. The standard InChI is InChI=1S/C23H25N5O2S/c1-3-5-14-27-21(30)17-11-7-9-13-19(17)28-22(27)25-26-23(28)31-15-20(29)24-18-12-8-6-10-16(18)4-2/h6-13H,3-5,14-15H2,1-2H3,(H,24,29). The first-order chi connectivity index (χ1) is 15.1. The van der Waals surface area contributed by atoms with Crippen LogP contribution in [0.5, 0.6) is 0 Å². The van der Waals surface area contributed by atoms with Crippen LogP contribution in [0.2, 0.25) is 0 Å². The number of amides is 1. The zero-order valence-electron chi connectivity index (χ0n) is 17.7. The number of nitrogens with one attached hydrogen (secondary N) is 1. The van der Waals surface area contributed by atoms with E-state index in [0.717, 1.165) is 36.0 Å². The predicted molar refractivity (Wildman–Crippen MR) is 125 cm³/mol. The number of unbranched alkanes of at least 4 members (excludes halogenated alkanes) is 1. The molecule has 1 amide bonds. The van der Waals surface area contributed by atoms with Crippen LogP contribution in [0.1, 0.15) is 32.3 Å². The van der Waals surface area contributed by atoms with E-state index in [0.29, 0.717) is 22.9 Å². The Morgan fingerprint density at radius 3 is 2.65 bits per heavy atom. The van der Waals surface area contributed by atoms with Crippen molar-refractivity contribution in [2.24, 2.45) is 0 Å². The molecule has 0 unspecified atom stereocenters. The second kappa shape index (κ2) is 9.34. The Bertz CT molecular complexity index is 1290. The van der Waals surface area contributed by atoms with Crippen molar-refractivity contribution in [3.63, 3.8) is 0 Å². The highest BCUT2D eigenvalue weighted by Crippen LogP contribution is 2.22. The fraction of sp³-hybridized carbons (Fsp3) is 0.304. The molecule has 2 aromatic carbocycles. The highest BCUT2D eigenvalue weighted by molar-refractivity contribution is 7.99. The van der Waals surface area contributed by atoms with Gasteiger partial charge < -0.3 is 5.32 Å². The summed E-state index contributed by atoms with van der Waals surface area (Å²) in [6.07, 6.45) is 2.70. The first-order valence-corrected chi connectivity index (χ1v) is 11.5. The van der Waals surface area contributed by atoms with Crippen LogP contribution in [0.3, 0.4) is 0 Å². The molecular weight excluding hydrogens is 410 g/mol. The summed E-state index contributed by atoms with van der Waals surface area (Å²) >= 11 is 1.31. The Morgan fingerprint density at radius 1 is 1.06 bits per heavy atom. The Hall–Kier alpha value is -3.13. The average Bonchev–Trinajstić information content (AvgIpc) is 3.22. The van der Waals surface area contributed by atoms with Gasteiger partial charge in [0.1, 0.15) is 0 Å². The number of benzene rings is 2. The van der Waals surface area contributed by atoms with Gasteiger partial charge in [-0.05, 0) is 36.6 Å². The molecule has 0 aliphatic rings. The number of carbonyl (C=O) groups excluding carboxylic acids is 1. The monoisotopic (exact) mass is 435 g/mol. The van der Waals surface area contributed by atoms with E-state index in [1.54, 1.807) is 4.57 Å². The third kappa shape index (κ3) is 4.20. The molecule has 0 aliphatic carbocycles. The molecule has 7 nitrogen and oxygen atoms in total. The Kier molecular flexibility index (Phi) is 6.36. The molecule has 0 radical (unpaired) electrons. The van der Waals surface area contributed by atoms with Crippen molar-refractivity contribution >= 4 is 40.0 Å². The second-order valence-electron chi connectivity index (χ2n) is 7.29. The molecule has 0 spiro atoms. The maximum atomic E-state index is 13.0. The van der Waals surface area contributed by atoms with Crippen molar-refractivity contribution in [3.8, 4) is 0 Å². The molecule has 2 aromatic heterocycles. The Balaban J connectivity index is 1.65. The molecule has 4 rings (SSSR count). The van der Waals surface area contributed by atoms with E-state index in [4.69, 9.17) is 0 Å². The summed E-state index contributed by atoms with van der Waals surface area (Å²) < 4.78 is 3.56. The molecule has 4 aromatic rings. The third-order valence-corrected chi connectivity index (χ3v) is 6.15. The summed E-state index contributed by atoms with van der Waals surface area (Å²) in [5.41, 5.74) is 2.62. The van der Waals surface area contributed by atoms with Crippen LogP contribution >= 0.6 is 11.8 Å². The zero-order valence-corrected chi connectivity index (χ0v) is 18.5. The molecule has 8 heteroatoms. The second-order valence-corrected chi connectivity index (χ2v) is 8.24. The molecule has 0 saturated carbocycles. The molecule has 0 fully saturated rings. The summed E-state index contributed by atoms with van der Waals surface area (Å²) in [5.74, 6) is 0.601. The van der Waals surface area contributed by atoms with Crippen LogP contribution in [0.25, 0.3) is 16.7 Å². The SMILES string of the molecule is CCCCn1c(=O)c2ccccc2n2c(SCC(=O)Nc3ccccc3CC)nnc12. The number of carbonyl (C=O) groups is 1. The van der Waals surface area contributed by atoms with E-state index in [2.05, 4.69) is 29.4 Å². The molecule has 31 heavy (non-hydrogen) atoms. The van der Waals surface area contributed by atoms with Gasteiger partial charge >= 0.3 is 0 Å². The number of hydrogen-bond acceptors (Lipinski definition) is 5. The van der Waals surface area contributed by atoms with E-state index < -0.39 is 0 Å². The number of fused-ring (bicyclic) bond motifs is 3. The molecule has 0 atom stereocenters. The largest absolute Gasteiger partial charge is 0.325 e. The predicted octanol–water partition coefficient (Wildman–Crippen LogP) is 4.14. The molecule has 160 valence electrons. The highest BCUT2D eigenvalue weighted by Gasteiger charge is 2.17. The molecule has 0 saturated heterocycles. The lowest BCUT2D eigenvalue weighted by Crippen LogP contribution is -2.23. The van der Waals surface area contributed by atoms with Gasteiger partial charge in [-0.3, -0.25) is 18.6 Å². The minimum absolute atomic E-state index is 0.0607. The maximum Gasteiger partial charge on any atom is 0.262 e. The number of aryl methyl sites for hydroxylation is 2. The van der Waals surface area contributed by atoms with Gasteiger partial charge in [0.15, 0.2) is 5.16 Å². The van der Waals surface area contributed by atoms with Crippen LogP contribution in [0.4, 0.5) is 5.69 Å². The zero-order chi connectivity index (χ0) is 21.8. The lowest BCUT2D eigenvalue weighted by molar-refractivity contribution is -0.113. The molecule has 2 heterocycles. The van der Waals surface area contributed by atoms with Gasteiger partial charge in [0, 0.05) is 12.2 Å². The minimum atomic E-state index is -0.105. The Labute approximate surface area is 184 Å². The van der Waals surface area contributed by atoms with Crippen LogP contribution in [-0.2, 0) is 17.8 Å². The van der Waals surface area contributed by atoms with Crippen molar-refractivity contribution in [1.29, 1.82) is 0 Å². The van der Waals surface area contributed by atoms with Crippen LogP contribution in [0.15, 0.2) is 58.5 Å². The van der Waals surface area contributed by atoms with Gasteiger partial charge in [0.05, 0.1) is 16.7 Å². The van der Waals surface area contributed by atoms with Crippen LogP contribution < -0.4 is 10.9 Å². The first kappa shape index (κ1) is 21.1. The summed E-state index contributed by atoms with van der Waals surface area (Å²) in [6.45, 7) is 4.73. The van der Waals surface area contributed by atoms with E-state index in [1.165, 1.54) is 11.8 Å². The lowest BCUT2D eigenvalue weighted by atomic mass is 10.1. The summed E-state index contributed by atoms with van der Waals surface area (Å²) in [5, 5.41) is 12.8. The van der Waals surface area contributed by atoms with Gasteiger partial charge in [-0.25, -0.2) is 0 Å². The number of rotatable bonds is 8. The van der Waals surface area contributed by atoms with Crippen molar-refractivity contribution in [1.82, 2.24) is 19.2 Å². The van der Waals surface area contributed by atoms with Gasteiger partial charge in [0.2, 0.25) is 11.7 Å². The number of aromatic nitrogens is 4. The number of anilines is 1. The van der Waals surface area contributed by atoms with E-state index in [9.17, 15) is 9.59 Å². The van der Waals surface area contributed by atoms with Crippen LogP contribution in [-0.4, -0.2) is 30.8 Å². The van der Waals surface area contributed by atoms with Crippen molar-refractivity contribution in [2.75, 3.05) is 11.1 Å². The normalized spacial score (nSPS) is 11.3. The fourth-order valence-electron chi connectivity index (χ4n) is 3.61. The van der Waals surface area contributed by atoms with Crippen molar-refractivity contribution < 1.29 is 4.79 Å². The topological polar surface area (TPSA) is 81.3 Å². The third-order valence-electron chi connectivity index (χ3n) is 5.22. The quantitative estimate of drug-likeness (QED) is 0.421. The highest BCUT2D eigenvalue weighted by atomic mass is 32.2. The molecular formula is C23H25N5O2S. The smallest absolute Gasteiger partial charge is 0.262 e. The van der Waals surface area contributed by atoms with Gasteiger partial charge in [-0.15, -0.1) is 10.2 Å². The Morgan fingerprint density at radius 2 is 1.84 bits per heavy atom. The number of thioether (sulfide) groups is 1. The van der Waals surface area contributed by atoms with E-state index in [-0.39, 0.29) is 17.2 Å². The first-order valence-electron chi connectivity index (χ1n) is 10.5. The maximum absolute atomic E-state index is 13.0. The van der Waals surface area contributed by atoms with E-state index in [1.807, 2.05) is 52.9 Å². The van der Waals surface area contributed by atoms with Crippen molar-refractivity contribution in [2.45, 2.75) is 44.8 Å². The average molecular weight is 436 g/mol. The van der Waals surface area contributed by atoms with Crippen molar-refractivity contribution in [3.05, 3.63) is 64.4 Å². The summed E-state index contributed by atoms with van der Waals surface area (Å²) in [7, 11) is 0. The summed E-state index contributed by atoms with van der Waals surface area (Å²) in [6, 6.07) is 15.3. The molecule has 0 bridgehead atoms. The lowest BCUT2D eigenvalue weighted by Gasteiger charge is -2.11. The van der Waals surface area contributed by atoms with Gasteiger partial charge in [-0.2, -0.15) is 0 Å². The van der Waals surface area contributed by atoms with Gasteiger partial charge in [0.25, 0.3) is 5.56 Å². The van der Waals surface area contributed by atoms with Gasteiger partial charge in [-0.1, -0.05) is 62.4 Å². The van der Waals surface area contributed by atoms with E-state index >= 15 is 0 Å². The number of para-hydroxylation sites is 2. The number of hydrogen-bond donors (Lipinski definition) is 1. The summed E-state index contributed by atoms with van der Waals surface area (Å²) in [4.78, 5) is 25.6.